The maximum absolute atomic E-state index is 13.1. The first-order valence-electron chi connectivity index (χ1n) is 5.79. The third-order valence-electron chi connectivity index (χ3n) is 2.75. The number of hydrogen-bond acceptors (Lipinski definition) is 1. The Labute approximate surface area is 107 Å². The van der Waals surface area contributed by atoms with Crippen LogP contribution in [0.15, 0.2) is 54.6 Å². The van der Waals surface area contributed by atoms with Crippen LogP contribution < -0.4 is 4.74 Å². The largest absolute Gasteiger partial charge is 0.497 e. The normalized spacial score (nSPS) is 11.3. The highest BCUT2D eigenvalue weighted by Crippen LogP contribution is 2.21. The second-order valence-corrected chi connectivity index (χ2v) is 3.94. The standard InChI is InChI=1S/C16H15FO/c1-18-16-9-7-14(8-10-16)15(12-17)11-13-5-3-2-4-6-13/h2-11H,12H2,1H3/b15-11-. The monoisotopic (exact) mass is 242 g/mol. The second-order valence-electron chi connectivity index (χ2n) is 3.94. The third kappa shape index (κ3) is 2.98. The van der Waals surface area contributed by atoms with Crippen molar-refractivity contribution in [2.75, 3.05) is 13.8 Å². The number of hydrogen-bond donors (Lipinski definition) is 0. The predicted octanol–water partition coefficient (Wildman–Crippen LogP) is 4.21. The summed E-state index contributed by atoms with van der Waals surface area (Å²) in [4.78, 5) is 0. The lowest BCUT2D eigenvalue weighted by molar-refractivity contribution is 0.414. The van der Waals surface area contributed by atoms with E-state index < -0.39 is 6.67 Å². The van der Waals surface area contributed by atoms with Gasteiger partial charge < -0.3 is 4.74 Å². The zero-order valence-electron chi connectivity index (χ0n) is 10.3. The first-order chi connectivity index (χ1) is 8.83. The fourth-order valence-electron chi connectivity index (χ4n) is 1.75. The van der Waals surface area contributed by atoms with Crippen LogP contribution in [0.2, 0.25) is 0 Å². The summed E-state index contributed by atoms with van der Waals surface area (Å²) in [5.41, 5.74) is 2.55. The topological polar surface area (TPSA) is 9.23 Å². The van der Waals surface area contributed by atoms with Crippen LogP contribution in [0, 0.1) is 0 Å². The Morgan fingerprint density at radius 1 is 1.06 bits per heavy atom. The molecular formula is C16H15FO. The van der Waals surface area contributed by atoms with Gasteiger partial charge in [0, 0.05) is 0 Å². The van der Waals surface area contributed by atoms with E-state index in [1.54, 1.807) is 7.11 Å². The summed E-state index contributed by atoms with van der Waals surface area (Å²) in [6.45, 7) is -0.485. The molecule has 18 heavy (non-hydrogen) atoms. The van der Waals surface area contributed by atoms with Gasteiger partial charge in [-0.05, 0) is 34.9 Å². The molecule has 0 aliphatic carbocycles. The minimum Gasteiger partial charge on any atom is -0.497 e. The molecule has 0 bridgehead atoms. The lowest BCUT2D eigenvalue weighted by atomic mass is 10.0. The molecule has 0 atom stereocenters. The Bertz CT molecular complexity index is 515. The van der Waals surface area contributed by atoms with Gasteiger partial charge in [-0.25, -0.2) is 4.39 Å². The molecule has 0 radical (unpaired) electrons. The average molecular weight is 242 g/mol. The van der Waals surface area contributed by atoms with Gasteiger partial charge in [-0.15, -0.1) is 0 Å². The summed E-state index contributed by atoms with van der Waals surface area (Å²) in [7, 11) is 1.62. The fraction of sp³-hybridized carbons (Fsp3) is 0.125. The van der Waals surface area contributed by atoms with E-state index in [1.165, 1.54) is 0 Å². The summed E-state index contributed by atoms with van der Waals surface area (Å²) in [6.07, 6.45) is 1.86. The highest BCUT2D eigenvalue weighted by atomic mass is 19.1. The molecule has 2 heteroatoms. The molecule has 0 N–H and O–H groups in total. The summed E-state index contributed by atoms with van der Waals surface area (Å²) in [5.74, 6) is 0.775. The summed E-state index contributed by atoms with van der Waals surface area (Å²) >= 11 is 0. The van der Waals surface area contributed by atoms with E-state index >= 15 is 0 Å². The van der Waals surface area contributed by atoms with E-state index in [1.807, 2.05) is 60.7 Å². The van der Waals surface area contributed by atoms with Gasteiger partial charge in [0.05, 0.1) is 7.11 Å². The molecule has 0 unspecified atom stereocenters. The van der Waals surface area contributed by atoms with Crippen molar-refractivity contribution in [3.05, 3.63) is 65.7 Å². The quantitative estimate of drug-likeness (QED) is 0.730. The van der Waals surface area contributed by atoms with Crippen molar-refractivity contribution >= 4 is 11.6 Å². The molecule has 0 saturated heterocycles. The van der Waals surface area contributed by atoms with Crippen molar-refractivity contribution in [1.82, 2.24) is 0 Å². The van der Waals surface area contributed by atoms with E-state index in [4.69, 9.17) is 4.74 Å². The number of halogens is 1. The maximum Gasteiger partial charge on any atom is 0.118 e. The fourth-order valence-corrected chi connectivity index (χ4v) is 1.75. The Morgan fingerprint density at radius 3 is 2.28 bits per heavy atom. The lowest BCUT2D eigenvalue weighted by Crippen LogP contribution is -1.88. The van der Waals surface area contributed by atoms with E-state index in [2.05, 4.69) is 0 Å². The van der Waals surface area contributed by atoms with Crippen LogP contribution in [0.5, 0.6) is 5.75 Å². The maximum atomic E-state index is 13.1. The third-order valence-corrected chi connectivity index (χ3v) is 2.75. The Hall–Kier alpha value is -2.09. The molecule has 0 fully saturated rings. The van der Waals surface area contributed by atoms with E-state index in [-0.39, 0.29) is 0 Å². The molecule has 0 spiro atoms. The second kappa shape index (κ2) is 6.01. The summed E-state index contributed by atoms with van der Waals surface area (Å²) in [5, 5.41) is 0. The van der Waals surface area contributed by atoms with Gasteiger partial charge in [0.25, 0.3) is 0 Å². The van der Waals surface area contributed by atoms with Crippen LogP contribution in [0.3, 0.4) is 0 Å². The van der Waals surface area contributed by atoms with E-state index in [9.17, 15) is 4.39 Å². The summed E-state index contributed by atoms with van der Waals surface area (Å²) < 4.78 is 18.2. The minimum atomic E-state index is -0.485. The molecule has 2 aromatic carbocycles. The number of rotatable bonds is 4. The molecule has 0 amide bonds. The molecule has 0 heterocycles. The minimum absolute atomic E-state index is 0.485. The van der Waals surface area contributed by atoms with Gasteiger partial charge in [-0.3, -0.25) is 0 Å². The van der Waals surface area contributed by atoms with Crippen molar-refractivity contribution in [2.45, 2.75) is 0 Å². The molecule has 92 valence electrons. The van der Waals surface area contributed by atoms with Crippen molar-refractivity contribution in [3.8, 4) is 5.75 Å². The molecule has 2 rings (SSSR count). The number of alkyl halides is 1. The van der Waals surface area contributed by atoms with E-state index in [0.717, 1.165) is 16.9 Å². The van der Waals surface area contributed by atoms with Gasteiger partial charge in [0.1, 0.15) is 12.4 Å². The number of methoxy groups -OCH3 is 1. The predicted molar refractivity (Wildman–Crippen MR) is 73.3 cm³/mol. The highest BCUT2D eigenvalue weighted by molar-refractivity contribution is 5.82. The highest BCUT2D eigenvalue weighted by Gasteiger charge is 2.02. The van der Waals surface area contributed by atoms with Crippen LogP contribution in [0.1, 0.15) is 11.1 Å². The molecule has 0 aliphatic rings. The Balaban J connectivity index is 2.30. The molecule has 0 saturated carbocycles. The van der Waals surface area contributed by atoms with Gasteiger partial charge in [-0.1, -0.05) is 42.5 Å². The summed E-state index contributed by atoms with van der Waals surface area (Å²) in [6, 6.07) is 17.2. The van der Waals surface area contributed by atoms with Gasteiger partial charge in [-0.2, -0.15) is 0 Å². The number of benzene rings is 2. The van der Waals surface area contributed by atoms with Crippen LogP contribution in [0.25, 0.3) is 11.6 Å². The number of ether oxygens (including phenoxy) is 1. The molecular weight excluding hydrogens is 227 g/mol. The first kappa shape index (κ1) is 12.4. The zero-order valence-corrected chi connectivity index (χ0v) is 10.3. The zero-order chi connectivity index (χ0) is 12.8. The molecule has 0 aromatic heterocycles. The molecule has 2 aromatic rings. The van der Waals surface area contributed by atoms with Crippen LogP contribution in [-0.4, -0.2) is 13.8 Å². The Kier molecular flexibility index (Phi) is 4.13. The van der Waals surface area contributed by atoms with Crippen molar-refractivity contribution in [1.29, 1.82) is 0 Å². The van der Waals surface area contributed by atoms with Crippen molar-refractivity contribution in [3.63, 3.8) is 0 Å². The van der Waals surface area contributed by atoms with Crippen molar-refractivity contribution < 1.29 is 9.13 Å². The van der Waals surface area contributed by atoms with Crippen molar-refractivity contribution in [2.24, 2.45) is 0 Å². The van der Waals surface area contributed by atoms with Gasteiger partial charge >= 0.3 is 0 Å². The van der Waals surface area contributed by atoms with Crippen LogP contribution in [-0.2, 0) is 0 Å². The average Bonchev–Trinajstić information content (AvgIpc) is 2.46. The van der Waals surface area contributed by atoms with Crippen LogP contribution >= 0.6 is 0 Å². The smallest absolute Gasteiger partial charge is 0.118 e. The van der Waals surface area contributed by atoms with Crippen LogP contribution in [0.4, 0.5) is 4.39 Å². The first-order valence-corrected chi connectivity index (χ1v) is 5.79. The van der Waals surface area contributed by atoms with Gasteiger partial charge in [0.2, 0.25) is 0 Å². The lowest BCUT2D eigenvalue weighted by Gasteiger charge is -2.05. The number of allylic oxidation sites excluding steroid dienone is 1. The Morgan fingerprint density at radius 2 is 1.72 bits per heavy atom. The van der Waals surface area contributed by atoms with Gasteiger partial charge in [0.15, 0.2) is 0 Å². The SMILES string of the molecule is COc1ccc(/C(=C\c2ccccc2)CF)cc1. The molecule has 1 nitrogen and oxygen atoms in total. The molecule has 0 aliphatic heterocycles. The van der Waals surface area contributed by atoms with E-state index in [0.29, 0.717) is 5.57 Å².